The largest absolute Gasteiger partial charge is 0.126 e. The zero-order valence-electron chi connectivity index (χ0n) is 10.9. The van der Waals surface area contributed by atoms with E-state index in [1.807, 2.05) is 0 Å². The molecule has 1 aliphatic rings. The molecule has 2 heteroatoms. The summed E-state index contributed by atoms with van der Waals surface area (Å²) >= 11 is 9.70. The molecule has 1 aromatic rings. The lowest BCUT2D eigenvalue weighted by atomic mass is 9.83. The van der Waals surface area contributed by atoms with Crippen LogP contribution in [0.3, 0.4) is 0 Å². The minimum atomic E-state index is 0.520. The minimum Gasteiger partial charge on any atom is -0.126 e. The summed E-state index contributed by atoms with van der Waals surface area (Å²) in [6, 6.07) is 8.61. The van der Waals surface area contributed by atoms with Crippen molar-refractivity contribution < 1.29 is 0 Å². The van der Waals surface area contributed by atoms with Crippen LogP contribution in [0.5, 0.6) is 0 Å². The third-order valence-corrected chi connectivity index (χ3v) is 5.02. The van der Waals surface area contributed by atoms with Crippen LogP contribution in [-0.2, 0) is 0 Å². The van der Waals surface area contributed by atoms with Gasteiger partial charge < -0.3 is 0 Å². The summed E-state index contributed by atoms with van der Waals surface area (Å²) in [7, 11) is 0. The van der Waals surface area contributed by atoms with Gasteiger partial charge in [0.25, 0.3) is 0 Å². The van der Waals surface area contributed by atoms with Crippen molar-refractivity contribution in [3.63, 3.8) is 0 Å². The molecule has 0 amide bonds. The van der Waals surface area contributed by atoms with Crippen molar-refractivity contribution in [3.05, 3.63) is 34.3 Å². The highest BCUT2D eigenvalue weighted by Crippen LogP contribution is 2.32. The average Bonchev–Trinajstić information content (AvgIpc) is 2.41. The second-order valence-electron chi connectivity index (χ2n) is 5.49. The van der Waals surface area contributed by atoms with Crippen molar-refractivity contribution in [1.82, 2.24) is 0 Å². The molecule has 18 heavy (non-hydrogen) atoms. The molecule has 0 nitrogen and oxygen atoms in total. The van der Waals surface area contributed by atoms with Crippen LogP contribution in [-0.4, -0.2) is 5.88 Å². The predicted molar refractivity (Wildman–Crippen MR) is 83.4 cm³/mol. The lowest BCUT2D eigenvalue weighted by molar-refractivity contribution is 0.326. The van der Waals surface area contributed by atoms with E-state index in [-0.39, 0.29) is 0 Å². The maximum absolute atomic E-state index is 6.16. The molecule has 0 bridgehead atoms. The summed E-state index contributed by atoms with van der Waals surface area (Å²) in [5.74, 6) is 2.21. The van der Waals surface area contributed by atoms with Crippen molar-refractivity contribution in [2.24, 2.45) is 5.92 Å². The van der Waals surface area contributed by atoms with Gasteiger partial charge in [-0.05, 0) is 42.4 Å². The second-order valence-corrected chi connectivity index (χ2v) is 6.71. The number of hydrogen-bond donors (Lipinski definition) is 0. The molecule has 1 saturated carbocycles. The van der Waals surface area contributed by atoms with Crippen molar-refractivity contribution >= 4 is 27.5 Å². The second kappa shape index (κ2) is 7.55. The molecule has 0 aromatic heterocycles. The molecular weight excluding hydrogens is 308 g/mol. The Balaban J connectivity index is 1.88. The monoisotopic (exact) mass is 328 g/mol. The van der Waals surface area contributed by atoms with E-state index in [0.717, 1.165) is 16.3 Å². The van der Waals surface area contributed by atoms with Gasteiger partial charge in [0.05, 0.1) is 0 Å². The first-order chi connectivity index (χ1) is 8.79. The van der Waals surface area contributed by atoms with Crippen LogP contribution in [0.2, 0.25) is 0 Å². The summed E-state index contributed by atoms with van der Waals surface area (Å²) < 4.78 is 1.16. The highest BCUT2D eigenvalue weighted by Gasteiger charge is 2.17. The van der Waals surface area contributed by atoms with E-state index >= 15 is 0 Å². The molecule has 2 rings (SSSR count). The molecule has 1 aliphatic carbocycles. The lowest BCUT2D eigenvalue weighted by Crippen LogP contribution is -2.09. The van der Waals surface area contributed by atoms with Gasteiger partial charge in [0, 0.05) is 10.4 Å². The first kappa shape index (κ1) is 14.4. The number of halogens is 2. The first-order valence-corrected chi connectivity index (χ1v) is 8.44. The van der Waals surface area contributed by atoms with Crippen LogP contribution in [0, 0.1) is 5.92 Å². The van der Waals surface area contributed by atoms with Crippen LogP contribution >= 0.6 is 27.5 Å². The van der Waals surface area contributed by atoms with Crippen LogP contribution in [0.15, 0.2) is 28.7 Å². The van der Waals surface area contributed by atoms with Gasteiger partial charge in [-0.2, -0.15) is 0 Å². The Hall–Kier alpha value is -0.0100. The maximum Gasteiger partial charge on any atom is 0.0292 e. The maximum atomic E-state index is 6.16. The van der Waals surface area contributed by atoms with Crippen LogP contribution in [0.25, 0.3) is 0 Å². The molecular formula is C16H22BrCl. The van der Waals surface area contributed by atoms with Crippen molar-refractivity contribution in [3.8, 4) is 0 Å². The fraction of sp³-hybridized carbons (Fsp3) is 0.625. The number of alkyl halides is 1. The molecule has 1 aromatic carbocycles. The average molecular weight is 330 g/mol. The summed E-state index contributed by atoms with van der Waals surface area (Å²) in [6.45, 7) is 0. The van der Waals surface area contributed by atoms with Gasteiger partial charge in [-0.15, -0.1) is 11.6 Å². The van der Waals surface area contributed by atoms with E-state index in [9.17, 15) is 0 Å². The molecule has 0 N–H and O–H groups in total. The minimum absolute atomic E-state index is 0.520. The molecule has 0 aliphatic heterocycles. The van der Waals surface area contributed by atoms with Gasteiger partial charge in [0.1, 0.15) is 0 Å². The Labute approximate surface area is 124 Å². The molecule has 0 heterocycles. The van der Waals surface area contributed by atoms with Gasteiger partial charge in [-0.1, -0.05) is 60.2 Å². The molecule has 0 radical (unpaired) electrons. The summed E-state index contributed by atoms with van der Waals surface area (Å²) in [5.41, 5.74) is 1.38. The van der Waals surface area contributed by atoms with E-state index in [1.165, 1.54) is 50.5 Å². The fourth-order valence-corrected chi connectivity index (χ4v) is 3.76. The molecule has 1 atom stereocenters. The fourth-order valence-electron chi connectivity index (χ4n) is 3.01. The third kappa shape index (κ3) is 4.28. The standard InChI is InChI=1S/C16H22BrCl/c17-16-8-4-7-14(11-16)15(12-18)10-9-13-5-2-1-3-6-13/h4,7-8,11,13,15H,1-3,5-6,9-10,12H2. The van der Waals surface area contributed by atoms with Crippen molar-refractivity contribution in [1.29, 1.82) is 0 Å². The smallest absolute Gasteiger partial charge is 0.0292 e. The van der Waals surface area contributed by atoms with Gasteiger partial charge in [0.2, 0.25) is 0 Å². The van der Waals surface area contributed by atoms with Gasteiger partial charge in [0.15, 0.2) is 0 Å². The number of rotatable bonds is 5. The topological polar surface area (TPSA) is 0 Å². The molecule has 1 unspecified atom stereocenters. The third-order valence-electron chi connectivity index (χ3n) is 4.15. The van der Waals surface area contributed by atoms with E-state index < -0.39 is 0 Å². The normalized spacial score (nSPS) is 18.8. The molecule has 100 valence electrons. The first-order valence-electron chi connectivity index (χ1n) is 7.11. The van der Waals surface area contributed by atoms with E-state index in [0.29, 0.717) is 5.92 Å². The van der Waals surface area contributed by atoms with Gasteiger partial charge in [-0.25, -0.2) is 0 Å². The highest BCUT2D eigenvalue weighted by atomic mass is 79.9. The Morgan fingerprint density at radius 3 is 2.67 bits per heavy atom. The van der Waals surface area contributed by atoms with Gasteiger partial charge >= 0.3 is 0 Å². The van der Waals surface area contributed by atoms with Crippen molar-refractivity contribution in [2.75, 3.05) is 5.88 Å². The van der Waals surface area contributed by atoms with Crippen molar-refractivity contribution in [2.45, 2.75) is 50.9 Å². The van der Waals surface area contributed by atoms with E-state index in [2.05, 4.69) is 40.2 Å². The molecule has 1 fully saturated rings. The SMILES string of the molecule is ClCC(CCC1CCCCC1)c1cccc(Br)c1. The summed E-state index contributed by atoms with van der Waals surface area (Å²) in [5, 5.41) is 0. The zero-order valence-corrected chi connectivity index (χ0v) is 13.2. The van der Waals surface area contributed by atoms with E-state index in [1.54, 1.807) is 0 Å². The quantitative estimate of drug-likeness (QED) is 0.570. The van der Waals surface area contributed by atoms with Gasteiger partial charge in [-0.3, -0.25) is 0 Å². The molecule has 0 spiro atoms. The van der Waals surface area contributed by atoms with Crippen LogP contribution in [0.1, 0.15) is 56.4 Å². The number of hydrogen-bond acceptors (Lipinski definition) is 0. The highest BCUT2D eigenvalue weighted by molar-refractivity contribution is 9.10. The number of benzene rings is 1. The summed E-state index contributed by atoms with van der Waals surface area (Å²) in [6.07, 6.45) is 9.79. The van der Waals surface area contributed by atoms with E-state index in [4.69, 9.17) is 11.6 Å². The zero-order chi connectivity index (χ0) is 12.8. The Morgan fingerprint density at radius 2 is 2.00 bits per heavy atom. The lowest BCUT2D eigenvalue weighted by Gasteiger charge is -2.23. The summed E-state index contributed by atoms with van der Waals surface area (Å²) in [4.78, 5) is 0. The Morgan fingerprint density at radius 1 is 1.22 bits per heavy atom. The van der Waals surface area contributed by atoms with Crippen LogP contribution < -0.4 is 0 Å². The predicted octanol–water partition coefficient (Wildman–Crippen LogP) is 6.13. The molecule has 0 saturated heterocycles. The van der Waals surface area contributed by atoms with Crippen LogP contribution in [0.4, 0.5) is 0 Å². The Kier molecular flexibility index (Phi) is 6.04. The Bertz CT molecular complexity index is 358.